The van der Waals surface area contributed by atoms with E-state index in [2.05, 4.69) is 10.6 Å². The van der Waals surface area contributed by atoms with Gasteiger partial charge in [-0.2, -0.15) is 0 Å². The van der Waals surface area contributed by atoms with Crippen LogP contribution in [0.2, 0.25) is 0 Å². The molecule has 0 saturated heterocycles. The van der Waals surface area contributed by atoms with Gasteiger partial charge >= 0.3 is 0 Å². The lowest BCUT2D eigenvalue weighted by Gasteiger charge is -2.26. The number of hydrogen-bond acceptors (Lipinski definition) is 4. The average Bonchev–Trinajstić information content (AvgIpc) is 2.77. The molecule has 2 unspecified atom stereocenters. The molecule has 0 radical (unpaired) electrons. The van der Waals surface area contributed by atoms with Gasteiger partial charge < -0.3 is 20.8 Å². The summed E-state index contributed by atoms with van der Waals surface area (Å²) >= 11 is 0. The Morgan fingerprint density at radius 1 is 0.935 bits per heavy atom. The molecule has 31 heavy (non-hydrogen) atoms. The SMILES string of the molecule is CCC(CCc1cccc(O)c1O)NC(=O)[C@@H](NC(=O)Cc1ccccc1)C(C)CC. The molecule has 6 nitrogen and oxygen atoms in total. The molecule has 0 heterocycles. The van der Waals surface area contributed by atoms with Crippen LogP contribution in [0.5, 0.6) is 11.5 Å². The topological polar surface area (TPSA) is 98.7 Å². The van der Waals surface area contributed by atoms with Crippen molar-refractivity contribution in [2.24, 2.45) is 5.92 Å². The van der Waals surface area contributed by atoms with Gasteiger partial charge in [0.25, 0.3) is 0 Å². The Labute approximate surface area is 184 Å². The standard InChI is InChI=1S/C25H34N2O4/c1-4-17(3)23(27-22(29)16-18-10-7-6-8-11-18)25(31)26-20(5-2)15-14-19-12-9-13-21(28)24(19)30/h6-13,17,20,23,28,30H,4-5,14-16H2,1-3H3,(H,26,31)(H,27,29)/t17?,20?,23-/m0/s1. The number of benzene rings is 2. The summed E-state index contributed by atoms with van der Waals surface area (Å²) in [6, 6.07) is 13.6. The van der Waals surface area contributed by atoms with Gasteiger partial charge in [0.2, 0.25) is 11.8 Å². The van der Waals surface area contributed by atoms with Crippen molar-refractivity contribution in [3.63, 3.8) is 0 Å². The van der Waals surface area contributed by atoms with Crippen LogP contribution in [-0.4, -0.2) is 34.1 Å². The van der Waals surface area contributed by atoms with E-state index in [1.54, 1.807) is 12.1 Å². The fourth-order valence-corrected chi connectivity index (χ4v) is 3.49. The van der Waals surface area contributed by atoms with Crippen LogP contribution in [-0.2, 0) is 22.4 Å². The highest BCUT2D eigenvalue weighted by Gasteiger charge is 2.27. The number of rotatable bonds is 11. The van der Waals surface area contributed by atoms with Gasteiger partial charge in [-0.05, 0) is 42.4 Å². The van der Waals surface area contributed by atoms with E-state index >= 15 is 0 Å². The molecule has 0 aromatic heterocycles. The summed E-state index contributed by atoms with van der Waals surface area (Å²) < 4.78 is 0. The number of amides is 2. The summed E-state index contributed by atoms with van der Waals surface area (Å²) in [5.41, 5.74) is 1.54. The molecule has 0 aliphatic rings. The van der Waals surface area contributed by atoms with E-state index in [4.69, 9.17) is 0 Å². The second kappa shape index (κ2) is 12.0. The molecule has 2 rings (SSSR count). The summed E-state index contributed by atoms with van der Waals surface area (Å²) in [5.74, 6) is -0.638. The number of aromatic hydroxyl groups is 2. The minimum absolute atomic E-state index is 0.00709. The number of para-hydroxylation sites is 1. The lowest BCUT2D eigenvalue weighted by atomic mass is 9.96. The van der Waals surface area contributed by atoms with Gasteiger partial charge in [0, 0.05) is 6.04 Å². The minimum atomic E-state index is -0.607. The van der Waals surface area contributed by atoms with Crippen LogP contribution in [0.3, 0.4) is 0 Å². The monoisotopic (exact) mass is 426 g/mol. The van der Waals surface area contributed by atoms with Crippen LogP contribution >= 0.6 is 0 Å². The zero-order valence-electron chi connectivity index (χ0n) is 18.6. The summed E-state index contributed by atoms with van der Waals surface area (Å²) in [7, 11) is 0. The molecular formula is C25H34N2O4. The zero-order chi connectivity index (χ0) is 22.8. The van der Waals surface area contributed by atoms with Gasteiger partial charge in [-0.25, -0.2) is 0 Å². The third-order valence-corrected chi connectivity index (χ3v) is 5.72. The van der Waals surface area contributed by atoms with Crippen LogP contribution < -0.4 is 10.6 Å². The Morgan fingerprint density at radius 3 is 2.29 bits per heavy atom. The number of phenolic OH excluding ortho intramolecular Hbond substituents is 2. The average molecular weight is 427 g/mol. The van der Waals surface area contributed by atoms with Gasteiger partial charge in [-0.1, -0.05) is 69.7 Å². The lowest BCUT2D eigenvalue weighted by molar-refractivity contribution is -0.130. The maximum atomic E-state index is 13.0. The van der Waals surface area contributed by atoms with Crippen LogP contribution in [0.15, 0.2) is 48.5 Å². The Balaban J connectivity index is 1.98. The largest absolute Gasteiger partial charge is 0.504 e. The van der Waals surface area contributed by atoms with Gasteiger partial charge in [0.05, 0.1) is 6.42 Å². The molecule has 0 aliphatic carbocycles. The number of nitrogens with one attached hydrogen (secondary N) is 2. The molecular weight excluding hydrogens is 392 g/mol. The second-order valence-electron chi connectivity index (χ2n) is 8.03. The molecule has 0 aliphatic heterocycles. The molecule has 0 fully saturated rings. The van der Waals surface area contributed by atoms with E-state index in [-0.39, 0.29) is 41.7 Å². The maximum Gasteiger partial charge on any atom is 0.243 e. The number of carbonyl (C=O) groups excluding carboxylic acids is 2. The Hall–Kier alpha value is -3.02. The number of hydrogen-bond donors (Lipinski definition) is 4. The van der Waals surface area contributed by atoms with E-state index in [0.29, 0.717) is 18.4 Å². The predicted molar refractivity (Wildman–Crippen MR) is 122 cm³/mol. The number of phenols is 2. The fourth-order valence-electron chi connectivity index (χ4n) is 3.49. The minimum Gasteiger partial charge on any atom is -0.504 e. The molecule has 2 aromatic rings. The highest BCUT2D eigenvalue weighted by atomic mass is 16.3. The molecule has 6 heteroatoms. The van der Waals surface area contributed by atoms with Crippen molar-refractivity contribution in [1.82, 2.24) is 10.6 Å². The van der Waals surface area contributed by atoms with Crippen molar-refractivity contribution in [2.45, 2.75) is 65.0 Å². The molecule has 2 amide bonds. The Bertz CT molecular complexity index is 854. The van der Waals surface area contributed by atoms with Gasteiger partial charge in [-0.15, -0.1) is 0 Å². The first-order valence-electron chi connectivity index (χ1n) is 11.0. The first-order valence-corrected chi connectivity index (χ1v) is 11.0. The van der Waals surface area contributed by atoms with Gasteiger partial charge in [0.1, 0.15) is 6.04 Å². The summed E-state index contributed by atoms with van der Waals surface area (Å²) in [6.07, 6.45) is 2.85. The summed E-state index contributed by atoms with van der Waals surface area (Å²) in [6.45, 7) is 5.94. The third-order valence-electron chi connectivity index (χ3n) is 5.72. The number of carbonyl (C=O) groups is 2. The highest BCUT2D eigenvalue weighted by molar-refractivity contribution is 5.88. The van der Waals surface area contributed by atoms with Crippen molar-refractivity contribution < 1.29 is 19.8 Å². The first-order chi connectivity index (χ1) is 14.8. The van der Waals surface area contributed by atoms with Crippen molar-refractivity contribution in [2.75, 3.05) is 0 Å². The van der Waals surface area contributed by atoms with E-state index < -0.39 is 6.04 Å². The van der Waals surface area contributed by atoms with E-state index in [1.807, 2.05) is 51.1 Å². The van der Waals surface area contributed by atoms with Crippen LogP contribution in [0.25, 0.3) is 0 Å². The van der Waals surface area contributed by atoms with E-state index in [9.17, 15) is 19.8 Å². The second-order valence-corrected chi connectivity index (χ2v) is 8.03. The normalized spacial score (nSPS) is 13.8. The van der Waals surface area contributed by atoms with Gasteiger partial charge in [0.15, 0.2) is 11.5 Å². The van der Waals surface area contributed by atoms with E-state index in [1.165, 1.54) is 6.07 Å². The summed E-state index contributed by atoms with van der Waals surface area (Å²) in [5, 5.41) is 25.6. The van der Waals surface area contributed by atoms with Crippen molar-refractivity contribution >= 4 is 11.8 Å². The van der Waals surface area contributed by atoms with Crippen LogP contribution in [0.1, 0.15) is 51.2 Å². The third kappa shape index (κ3) is 7.31. The van der Waals surface area contributed by atoms with Crippen LogP contribution in [0.4, 0.5) is 0 Å². The Kier molecular flexibility index (Phi) is 9.38. The van der Waals surface area contributed by atoms with Crippen LogP contribution in [0, 0.1) is 5.92 Å². The van der Waals surface area contributed by atoms with Crippen molar-refractivity contribution in [3.8, 4) is 11.5 Å². The molecule has 2 aromatic carbocycles. The molecule has 0 saturated carbocycles. The quantitative estimate of drug-likeness (QED) is 0.412. The van der Waals surface area contributed by atoms with Crippen molar-refractivity contribution in [3.05, 3.63) is 59.7 Å². The van der Waals surface area contributed by atoms with Gasteiger partial charge in [-0.3, -0.25) is 9.59 Å². The molecule has 4 N–H and O–H groups in total. The highest BCUT2D eigenvalue weighted by Crippen LogP contribution is 2.29. The smallest absolute Gasteiger partial charge is 0.243 e. The predicted octanol–water partition coefficient (Wildman–Crippen LogP) is 3.70. The maximum absolute atomic E-state index is 13.0. The molecule has 3 atom stereocenters. The molecule has 0 spiro atoms. The lowest BCUT2D eigenvalue weighted by Crippen LogP contribution is -2.52. The fraction of sp³-hybridized carbons (Fsp3) is 0.440. The molecule has 168 valence electrons. The number of aryl methyl sites for hydroxylation is 1. The first kappa shape index (κ1) is 24.3. The van der Waals surface area contributed by atoms with Crippen molar-refractivity contribution in [1.29, 1.82) is 0 Å². The molecule has 0 bridgehead atoms. The summed E-state index contributed by atoms with van der Waals surface area (Å²) in [4.78, 5) is 25.6. The Morgan fingerprint density at radius 2 is 1.65 bits per heavy atom. The zero-order valence-corrected chi connectivity index (χ0v) is 18.6. The van der Waals surface area contributed by atoms with E-state index in [0.717, 1.165) is 18.4 Å².